The van der Waals surface area contributed by atoms with Gasteiger partial charge in [-0.05, 0) is 57.1 Å². The van der Waals surface area contributed by atoms with Crippen molar-refractivity contribution in [1.29, 1.82) is 0 Å². The molecule has 0 spiro atoms. The molecule has 0 aliphatic carbocycles. The third kappa shape index (κ3) is 7.26. The number of hydrogen-bond donors (Lipinski definition) is 2. The lowest BCUT2D eigenvalue weighted by Crippen LogP contribution is -2.51. The highest BCUT2D eigenvalue weighted by atomic mass is 32.2. The summed E-state index contributed by atoms with van der Waals surface area (Å²) in [4.78, 5) is 55.4. The van der Waals surface area contributed by atoms with Crippen LogP contribution in [0.5, 0.6) is 0 Å². The summed E-state index contributed by atoms with van der Waals surface area (Å²) in [7, 11) is 0. The van der Waals surface area contributed by atoms with Gasteiger partial charge in [0, 0.05) is 55.4 Å². The number of amides is 2. The van der Waals surface area contributed by atoms with Crippen LogP contribution in [0.2, 0.25) is 0 Å². The van der Waals surface area contributed by atoms with Gasteiger partial charge in [-0.25, -0.2) is 9.59 Å². The first-order valence-electron chi connectivity index (χ1n) is 12.6. The number of H-pyrrole nitrogens is 1. The summed E-state index contributed by atoms with van der Waals surface area (Å²) in [5.74, 6) is 1.44. The normalized spacial score (nSPS) is 16.2. The lowest BCUT2D eigenvalue weighted by atomic mass is 10.1. The molecule has 10 nitrogen and oxygen atoms in total. The molecule has 2 N–H and O–H groups in total. The Morgan fingerprint density at radius 3 is 2.46 bits per heavy atom. The molecule has 1 aromatic heterocycles. The Kier molecular flexibility index (Phi) is 8.43. The van der Waals surface area contributed by atoms with E-state index in [1.54, 1.807) is 21.2 Å². The minimum Gasteiger partial charge on any atom is -0.444 e. The van der Waals surface area contributed by atoms with Crippen molar-refractivity contribution in [3.63, 3.8) is 0 Å². The molecule has 4 rings (SSSR count). The zero-order chi connectivity index (χ0) is 26.6. The molecule has 0 atom stereocenters. The number of hydrogen-bond acceptors (Lipinski definition) is 7. The molecule has 1 saturated heterocycles. The van der Waals surface area contributed by atoms with Crippen molar-refractivity contribution in [1.82, 2.24) is 19.4 Å². The minimum absolute atomic E-state index is 0.109. The summed E-state index contributed by atoms with van der Waals surface area (Å²) >= 11 is 1.71. The molecule has 3 heterocycles. The van der Waals surface area contributed by atoms with Crippen LogP contribution in [-0.4, -0.2) is 75.4 Å². The van der Waals surface area contributed by atoms with E-state index in [0.29, 0.717) is 56.1 Å². The lowest BCUT2D eigenvalue weighted by Gasteiger charge is -2.35. The Hall–Kier alpha value is -3.05. The SMILES string of the molecule is CC(C)(C)OC(=O)N1CCN(CC(=O)Nc2ccc(CCn3c4c(c(=O)[nH]c3=O)CSCC4)cc2)CC1. The monoisotopic (exact) mass is 529 g/mol. The van der Waals surface area contributed by atoms with E-state index in [1.807, 2.05) is 49.9 Å². The number of rotatable bonds is 6. The van der Waals surface area contributed by atoms with E-state index in [2.05, 4.69) is 10.3 Å². The van der Waals surface area contributed by atoms with Crippen molar-refractivity contribution in [2.24, 2.45) is 0 Å². The van der Waals surface area contributed by atoms with Crippen LogP contribution in [0.15, 0.2) is 33.9 Å². The first-order valence-corrected chi connectivity index (χ1v) is 13.8. The van der Waals surface area contributed by atoms with Crippen molar-refractivity contribution in [3.05, 3.63) is 61.9 Å². The Bertz CT molecular complexity index is 1240. The summed E-state index contributed by atoms with van der Waals surface area (Å²) in [5.41, 5.74) is 2.15. The van der Waals surface area contributed by atoms with Crippen LogP contribution in [0.4, 0.5) is 10.5 Å². The lowest BCUT2D eigenvalue weighted by molar-refractivity contribution is -0.117. The molecular weight excluding hydrogens is 494 g/mol. The Balaban J connectivity index is 1.25. The van der Waals surface area contributed by atoms with Crippen LogP contribution in [0.25, 0.3) is 0 Å². The van der Waals surface area contributed by atoms with E-state index in [0.717, 1.165) is 23.4 Å². The number of benzene rings is 1. The smallest absolute Gasteiger partial charge is 0.410 e. The number of fused-ring (bicyclic) bond motifs is 1. The molecule has 2 amide bonds. The number of ether oxygens (including phenoxy) is 1. The highest BCUT2D eigenvalue weighted by molar-refractivity contribution is 7.98. The first-order chi connectivity index (χ1) is 17.6. The van der Waals surface area contributed by atoms with Crippen molar-refractivity contribution >= 4 is 29.4 Å². The maximum absolute atomic E-state index is 12.6. The van der Waals surface area contributed by atoms with Gasteiger partial charge in [0.05, 0.1) is 6.54 Å². The molecule has 2 aliphatic heterocycles. The van der Waals surface area contributed by atoms with Gasteiger partial charge >= 0.3 is 11.8 Å². The van der Waals surface area contributed by atoms with E-state index in [9.17, 15) is 19.2 Å². The third-order valence-electron chi connectivity index (χ3n) is 6.40. The van der Waals surface area contributed by atoms with E-state index >= 15 is 0 Å². The number of anilines is 1. The topological polar surface area (TPSA) is 117 Å². The van der Waals surface area contributed by atoms with Crippen LogP contribution in [0, 0.1) is 0 Å². The number of piperazine rings is 1. The number of thioether (sulfide) groups is 1. The summed E-state index contributed by atoms with van der Waals surface area (Å²) < 4.78 is 7.11. The molecule has 1 aromatic carbocycles. The molecule has 0 unspecified atom stereocenters. The van der Waals surface area contributed by atoms with Gasteiger partial charge in [0.2, 0.25) is 5.91 Å². The van der Waals surface area contributed by atoms with E-state index in [-0.39, 0.29) is 29.8 Å². The van der Waals surface area contributed by atoms with Gasteiger partial charge in [-0.15, -0.1) is 0 Å². The number of nitrogens with one attached hydrogen (secondary N) is 2. The maximum atomic E-state index is 12.6. The van der Waals surface area contributed by atoms with Gasteiger partial charge in [-0.2, -0.15) is 11.8 Å². The van der Waals surface area contributed by atoms with Crippen LogP contribution < -0.4 is 16.6 Å². The van der Waals surface area contributed by atoms with Crippen molar-refractivity contribution in [3.8, 4) is 0 Å². The van der Waals surface area contributed by atoms with Crippen LogP contribution in [-0.2, 0) is 34.7 Å². The second-order valence-electron chi connectivity index (χ2n) is 10.4. The van der Waals surface area contributed by atoms with Gasteiger partial charge in [0.1, 0.15) is 5.60 Å². The third-order valence-corrected chi connectivity index (χ3v) is 7.38. The molecule has 200 valence electrons. The molecule has 1 fully saturated rings. The quantitative estimate of drug-likeness (QED) is 0.588. The summed E-state index contributed by atoms with van der Waals surface area (Å²) in [6, 6.07) is 7.59. The number of aryl methyl sites for hydroxylation is 1. The number of nitrogens with zero attached hydrogens (tertiary/aromatic N) is 3. The maximum Gasteiger partial charge on any atom is 0.410 e. The molecular formula is C26H35N5O5S. The summed E-state index contributed by atoms with van der Waals surface area (Å²) in [6.45, 7) is 8.54. The largest absolute Gasteiger partial charge is 0.444 e. The van der Waals surface area contributed by atoms with Gasteiger partial charge in [0.15, 0.2) is 0 Å². The van der Waals surface area contributed by atoms with E-state index in [1.165, 1.54) is 0 Å². The second kappa shape index (κ2) is 11.6. The van der Waals surface area contributed by atoms with E-state index in [4.69, 9.17) is 4.74 Å². The van der Waals surface area contributed by atoms with Crippen molar-refractivity contribution < 1.29 is 14.3 Å². The second-order valence-corrected chi connectivity index (χ2v) is 11.5. The first kappa shape index (κ1) is 27.0. The number of aromatic amines is 1. The van der Waals surface area contributed by atoms with Gasteiger partial charge < -0.3 is 15.0 Å². The Labute approximate surface area is 220 Å². The predicted octanol–water partition coefficient (Wildman–Crippen LogP) is 2.06. The zero-order valence-corrected chi connectivity index (χ0v) is 22.5. The molecule has 0 radical (unpaired) electrons. The zero-order valence-electron chi connectivity index (χ0n) is 21.7. The molecule has 2 aliphatic rings. The molecule has 2 aromatic rings. The molecule has 37 heavy (non-hydrogen) atoms. The fourth-order valence-electron chi connectivity index (χ4n) is 4.49. The molecule has 11 heteroatoms. The standard InChI is InChI=1S/C26H35N5O5S/c1-26(2,3)36-25(35)30-13-11-29(12-14-30)16-22(32)27-19-6-4-18(5-7-19)8-10-31-21-9-15-37-17-20(21)23(33)28-24(31)34/h4-7H,8-17H2,1-3H3,(H,27,32)(H,28,33,34). The Morgan fingerprint density at radius 1 is 1.08 bits per heavy atom. The van der Waals surface area contributed by atoms with Crippen LogP contribution >= 0.6 is 11.8 Å². The fourth-order valence-corrected chi connectivity index (χ4v) is 5.47. The highest BCUT2D eigenvalue weighted by Gasteiger charge is 2.26. The highest BCUT2D eigenvalue weighted by Crippen LogP contribution is 2.21. The minimum atomic E-state index is -0.526. The van der Waals surface area contributed by atoms with Gasteiger partial charge in [-0.1, -0.05) is 12.1 Å². The van der Waals surface area contributed by atoms with E-state index < -0.39 is 5.60 Å². The van der Waals surface area contributed by atoms with Crippen LogP contribution in [0.3, 0.4) is 0 Å². The summed E-state index contributed by atoms with van der Waals surface area (Å²) in [5, 5.41) is 2.93. The van der Waals surface area contributed by atoms with Gasteiger partial charge in [0.25, 0.3) is 5.56 Å². The number of aromatic nitrogens is 2. The van der Waals surface area contributed by atoms with Crippen LogP contribution in [0.1, 0.15) is 37.6 Å². The van der Waals surface area contributed by atoms with Crippen molar-refractivity contribution in [2.45, 2.75) is 51.5 Å². The van der Waals surface area contributed by atoms with Crippen molar-refractivity contribution in [2.75, 3.05) is 43.8 Å². The average Bonchev–Trinajstić information content (AvgIpc) is 2.84. The van der Waals surface area contributed by atoms with Gasteiger partial charge in [-0.3, -0.25) is 24.0 Å². The average molecular weight is 530 g/mol. The molecule has 0 saturated carbocycles. The Morgan fingerprint density at radius 2 is 1.78 bits per heavy atom. The number of carbonyl (C=O) groups excluding carboxylic acids is 2. The fraction of sp³-hybridized carbons (Fsp3) is 0.538. The summed E-state index contributed by atoms with van der Waals surface area (Å²) in [6.07, 6.45) is 1.04. The molecule has 0 bridgehead atoms. The number of carbonyl (C=O) groups is 2. The predicted molar refractivity (Wildman–Crippen MR) is 144 cm³/mol.